The summed E-state index contributed by atoms with van der Waals surface area (Å²) >= 11 is 0. The fourth-order valence-corrected chi connectivity index (χ4v) is 4.95. The number of hydrogen-bond acceptors (Lipinski definition) is 5. The van der Waals surface area contributed by atoms with Gasteiger partial charge in [-0.15, -0.1) is 0 Å². The molecule has 2 atom stereocenters. The van der Waals surface area contributed by atoms with Gasteiger partial charge in [-0.3, -0.25) is 4.79 Å². The molecular weight excluding hydrogens is 330 g/mol. The van der Waals surface area contributed by atoms with E-state index in [0.717, 1.165) is 18.9 Å². The summed E-state index contributed by atoms with van der Waals surface area (Å²) in [6, 6.07) is 3.92. The highest BCUT2D eigenvalue weighted by molar-refractivity contribution is 5.94. The first-order valence-electron chi connectivity index (χ1n) is 9.83. The van der Waals surface area contributed by atoms with E-state index in [9.17, 15) is 4.79 Å². The number of hydrogen-bond donors (Lipinski definition) is 0. The average molecular weight is 359 g/mol. The van der Waals surface area contributed by atoms with Gasteiger partial charge in [-0.05, 0) is 37.8 Å². The third-order valence-electron chi connectivity index (χ3n) is 6.33. The molecule has 3 fully saturated rings. The van der Waals surface area contributed by atoms with E-state index in [1.54, 1.807) is 6.20 Å². The maximum atomic E-state index is 12.6. The Hall–Kier alpha value is -1.66. The number of pyridine rings is 1. The van der Waals surface area contributed by atoms with E-state index >= 15 is 0 Å². The van der Waals surface area contributed by atoms with Crippen molar-refractivity contribution in [2.45, 2.75) is 38.2 Å². The molecule has 0 N–H and O–H groups in total. The summed E-state index contributed by atoms with van der Waals surface area (Å²) in [5.41, 5.74) is 0.940. The van der Waals surface area contributed by atoms with E-state index < -0.39 is 0 Å². The lowest BCUT2D eigenvalue weighted by atomic mass is 9.76. The second-order valence-corrected chi connectivity index (χ2v) is 7.81. The largest absolute Gasteiger partial charge is 0.381 e. The van der Waals surface area contributed by atoms with E-state index in [1.165, 1.54) is 32.1 Å². The molecule has 1 spiro atoms. The van der Waals surface area contributed by atoms with E-state index in [4.69, 9.17) is 9.47 Å². The van der Waals surface area contributed by atoms with Crippen LogP contribution < -0.4 is 4.90 Å². The molecule has 1 aromatic heterocycles. The topological polar surface area (TPSA) is 54.9 Å². The lowest BCUT2D eigenvalue weighted by Crippen LogP contribution is -2.48. The molecule has 3 heterocycles. The average Bonchev–Trinajstić information content (AvgIpc) is 3.09. The Morgan fingerprint density at radius 3 is 2.77 bits per heavy atom. The first-order chi connectivity index (χ1) is 12.7. The van der Waals surface area contributed by atoms with Gasteiger partial charge in [0, 0.05) is 44.9 Å². The lowest BCUT2D eigenvalue weighted by molar-refractivity contribution is 0.00216. The number of carbonyl (C=O) groups excluding carboxylic acids is 1. The van der Waals surface area contributed by atoms with E-state index in [-0.39, 0.29) is 11.3 Å². The maximum absolute atomic E-state index is 12.6. The number of rotatable bonds is 3. The molecule has 1 aliphatic carbocycles. The lowest BCUT2D eigenvalue weighted by Gasteiger charge is -2.44. The van der Waals surface area contributed by atoms with Crippen molar-refractivity contribution in [1.82, 2.24) is 9.88 Å². The molecule has 2 saturated heterocycles. The van der Waals surface area contributed by atoms with Crippen LogP contribution in [0.15, 0.2) is 18.3 Å². The highest BCUT2D eigenvalue weighted by Gasteiger charge is 2.46. The van der Waals surface area contributed by atoms with Crippen molar-refractivity contribution in [2.24, 2.45) is 5.41 Å². The molecule has 26 heavy (non-hydrogen) atoms. The number of ether oxygens (including phenoxy) is 2. The number of anilines is 1. The Labute approximate surface area is 155 Å². The van der Waals surface area contributed by atoms with Crippen molar-refractivity contribution < 1.29 is 14.3 Å². The molecule has 0 radical (unpaired) electrons. The van der Waals surface area contributed by atoms with Gasteiger partial charge in [0.25, 0.3) is 5.91 Å². The summed E-state index contributed by atoms with van der Waals surface area (Å²) < 4.78 is 11.1. The van der Waals surface area contributed by atoms with E-state index in [2.05, 4.69) is 9.88 Å². The van der Waals surface area contributed by atoms with Gasteiger partial charge < -0.3 is 19.3 Å². The van der Waals surface area contributed by atoms with Crippen LogP contribution >= 0.6 is 0 Å². The third kappa shape index (κ3) is 3.32. The monoisotopic (exact) mass is 359 g/mol. The number of nitrogens with zero attached hydrogens (tertiary/aromatic N) is 3. The van der Waals surface area contributed by atoms with Gasteiger partial charge in [-0.25, -0.2) is 4.98 Å². The normalized spacial score (nSPS) is 29.3. The van der Waals surface area contributed by atoms with E-state index in [1.807, 2.05) is 24.1 Å². The number of piperidine rings is 1. The highest BCUT2D eigenvalue weighted by Crippen LogP contribution is 2.46. The van der Waals surface area contributed by atoms with Crippen molar-refractivity contribution in [3.05, 3.63) is 23.9 Å². The molecule has 1 saturated carbocycles. The van der Waals surface area contributed by atoms with Crippen molar-refractivity contribution in [2.75, 3.05) is 51.4 Å². The Balaban J connectivity index is 1.45. The standard InChI is InChI=1S/C20H29N3O3/c1-25-17-4-2-7-20(17)8-3-9-23(15-20)18-6-5-16(14-21-18)19(24)22-10-12-26-13-11-22/h5-6,14,17H,2-4,7-13,15H2,1H3/t17-,20-/m1/s1. The third-order valence-corrected chi connectivity index (χ3v) is 6.33. The minimum absolute atomic E-state index is 0.0534. The van der Waals surface area contributed by atoms with Crippen molar-refractivity contribution in [3.63, 3.8) is 0 Å². The molecular formula is C20H29N3O3. The Morgan fingerprint density at radius 2 is 2.04 bits per heavy atom. The van der Waals surface area contributed by atoms with Crippen LogP contribution in [-0.4, -0.2) is 68.4 Å². The molecule has 142 valence electrons. The van der Waals surface area contributed by atoms with Crippen LogP contribution in [0.2, 0.25) is 0 Å². The van der Waals surface area contributed by atoms with Crippen LogP contribution in [0.3, 0.4) is 0 Å². The van der Waals surface area contributed by atoms with Crippen LogP contribution in [-0.2, 0) is 9.47 Å². The molecule has 6 nitrogen and oxygen atoms in total. The fourth-order valence-electron chi connectivity index (χ4n) is 4.95. The molecule has 6 heteroatoms. The predicted molar refractivity (Wildman–Crippen MR) is 99.5 cm³/mol. The number of aromatic nitrogens is 1. The van der Waals surface area contributed by atoms with Crippen LogP contribution in [0.4, 0.5) is 5.82 Å². The second kappa shape index (κ2) is 7.53. The van der Waals surface area contributed by atoms with Crippen molar-refractivity contribution >= 4 is 11.7 Å². The molecule has 0 bridgehead atoms. The second-order valence-electron chi connectivity index (χ2n) is 7.81. The Morgan fingerprint density at radius 1 is 1.23 bits per heavy atom. The summed E-state index contributed by atoms with van der Waals surface area (Å²) in [5, 5.41) is 0. The van der Waals surface area contributed by atoms with E-state index in [0.29, 0.717) is 38.0 Å². The van der Waals surface area contributed by atoms with Crippen molar-refractivity contribution in [3.8, 4) is 0 Å². The molecule has 0 aromatic carbocycles. The molecule has 1 amide bonds. The molecule has 2 aliphatic heterocycles. The van der Waals surface area contributed by atoms with Gasteiger partial charge in [0.1, 0.15) is 5.82 Å². The minimum atomic E-state index is 0.0534. The Bertz CT molecular complexity index is 630. The summed E-state index contributed by atoms with van der Waals surface area (Å²) in [4.78, 5) is 21.4. The molecule has 1 aromatic rings. The first-order valence-corrected chi connectivity index (χ1v) is 9.83. The highest BCUT2D eigenvalue weighted by atomic mass is 16.5. The molecule has 4 rings (SSSR count). The number of carbonyl (C=O) groups is 1. The zero-order valence-corrected chi connectivity index (χ0v) is 15.7. The summed E-state index contributed by atoms with van der Waals surface area (Å²) in [6.45, 7) is 4.60. The minimum Gasteiger partial charge on any atom is -0.381 e. The maximum Gasteiger partial charge on any atom is 0.255 e. The zero-order valence-electron chi connectivity index (χ0n) is 15.7. The summed E-state index contributed by atoms with van der Waals surface area (Å²) in [7, 11) is 1.85. The van der Waals surface area contributed by atoms with Crippen LogP contribution in [0.1, 0.15) is 42.5 Å². The quantitative estimate of drug-likeness (QED) is 0.829. The number of morpholine rings is 1. The zero-order chi connectivity index (χ0) is 18.0. The van der Waals surface area contributed by atoms with Gasteiger partial charge in [-0.2, -0.15) is 0 Å². The van der Waals surface area contributed by atoms with Crippen LogP contribution in [0.25, 0.3) is 0 Å². The number of amides is 1. The van der Waals surface area contributed by atoms with Gasteiger partial charge in [0.05, 0.1) is 24.9 Å². The van der Waals surface area contributed by atoms with Gasteiger partial charge in [-0.1, -0.05) is 6.42 Å². The van der Waals surface area contributed by atoms with Gasteiger partial charge in [0.15, 0.2) is 0 Å². The van der Waals surface area contributed by atoms with Crippen molar-refractivity contribution in [1.29, 1.82) is 0 Å². The Kier molecular flexibility index (Phi) is 5.14. The predicted octanol–water partition coefficient (Wildman–Crippen LogP) is 2.34. The first kappa shape index (κ1) is 17.7. The van der Waals surface area contributed by atoms with Crippen LogP contribution in [0.5, 0.6) is 0 Å². The summed E-state index contributed by atoms with van der Waals surface area (Å²) in [5.74, 6) is 1.03. The number of methoxy groups -OCH3 is 1. The smallest absolute Gasteiger partial charge is 0.255 e. The molecule has 0 unspecified atom stereocenters. The SMILES string of the molecule is CO[C@@H]1CCC[C@]12CCCN(c1ccc(C(=O)N3CCOCC3)cn1)C2. The summed E-state index contributed by atoms with van der Waals surface area (Å²) in [6.07, 6.45) is 8.20. The van der Waals surface area contributed by atoms with Gasteiger partial charge in [0.2, 0.25) is 0 Å². The van der Waals surface area contributed by atoms with Crippen LogP contribution in [0, 0.1) is 5.41 Å². The molecule has 3 aliphatic rings. The fraction of sp³-hybridized carbons (Fsp3) is 0.700. The van der Waals surface area contributed by atoms with Gasteiger partial charge >= 0.3 is 0 Å².